The van der Waals surface area contributed by atoms with E-state index < -0.39 is 15.9 Å². The molecule has 3 rings (SSSR count). The number of sulfonamides is 1. The second kappa shape index (κ2) is 12.0. The zero-order valence-corrected chi connectivity index (χ0v) is 21.6. The van der Waals surface area contributed by atoms with E-state index in [0.717, 1.165) is 17.1 Å². The fourth-order valence-electron chi connectivity index (χ4n) is 3.40. The first kappa shape index (κ1) is 26.5. The molecule has 5 nitrogen and oxygen atoms in total. The van der Waals surface area contributed by atoms with Gasteiger partial charge < -0.3 is 5.32 Å². The summed E-state index contributed by atoms with van der Waals surface area (Å²) >= 11 is 18.2. The largest absolute Gasteiger partial charge is 0.352 e. The van der Waals surface area contributed by atoms with Gasteiger partial charge in [-0.05, 0) is 67.3 Å². The van der Waals surface area contributed by atoms with Gasteiger partial charge in [0.05, 0.1) is 11.4 Å². The van der Waals surface area contributed by atoms with Crippen molar-refractivity contribution < 1.29 is 13.2 Å². The van der Waals surface area contributed by atoms with E-state index in [2.05, 4.69) is 5.32 Å². The fraction of sp³-hybridized carbons (Fsp3) is 0.240. The summed E-state index contributed by atoms with van der Waals surface area (Å²) in [4.78, 5) is 12.9. The molecule has 0 aromatic heterocycles. The molecule has 180 valence electrons. The molecule has 0 saturated heterocycles. The van der Waals surface area contributed by atoms with Crippen LogP contribution in [0.5, 0.6) is 0 Å². The zero-order valence-electron chi connectivity index (χ0n) is 18.5. The number of aryl methyl sites for hydroxylation is 1. The van der Waals surface area contributed by atoms with E-state index in [-0.39, 0.29) is 24.0 Å². The summed E-state index contributed by atoms with van der Waals surface area (Å²) in [7, 11) is -4.01. The summed E-state index contributed by atoms with van der Waals surface area (Å²) in [6.07, 6.45) is 1.53. The molecular weight excluding hydrogens is 515 g/mol. The molecule has 0 heterocycles. The molecule has 1 amide bonds. The van der Waals surface area contributed by atoms with Crippen molar-refractivity contribution in [2.75, 3.05) is 6.54 Å². The van der Waals surface area contributed by atoms with Crippen molar-refractivity contribution in [3.05, 3.63) is 99.0 Å². The van der Waals surface area contributed by atoms with Gasteiger partial charge in [0.15, 0.2) is 0 Å². The maximum absolute atomic E-state index is 13.4. The third-order valence-corrected chi connectivity index (χ3v) is 7.89. The molecule has 34 heavy (non-hydrogen) atoms. The molecule has 0 spiro atoms. The Morgan fingerprint density at radius 3 is 2.24 bits per heavy atom. The number of halogens is 3. The molecule has 0 bridgehead atoms. The van der Waals surface area contributed by atoms with Gasteiger partial charge in [-0.1, -0.05) is 71.2 Å². The molecule has 1 atom stereocenters. The predicted octanol–water partition coefficient (Wildman–Crippen LogP) is 5.98. The van der Waals surface area contributed by atoms with Crippen LogP contribution in [0.3, 0.4) is 0 Å². The highest BCUT2D eigenvalue weighted by Crippen LogP contribution is 2.25. The monoisotopic (exact) mass is 538 g/mol. The molecule has 0 saturated carbocycles. The number of hydrogen-bond acceptors (Lipinski definition) is 3. The summed E-state index contributed by atoms with van der Waals surface area (Å²) in [5.74, 6) is -0.400. The molecule has 0 aliphatic heterocycles. The van der Waals surface area contributed by atoms with Crippen molar-refractivity contribution in [3.8, 4) is 0 Å². The molecule has 0 fully saturated rings. The number of amides is 1. The first-order chi connectivity index (χ1) is 16.1. The van der Waals surface area contributed by atoms with Crippen LogP contribution in [0.2, 0.25) is 15.1 Å². The van der Waals surface area contributed by atoms with Crippen LogP contribution in [-0.4, -0.2) is 31.2 Å². The molecule has 0 aliphatic rings. The van der Waals surface area contributed by atoms with Crippen LogP contribution < -0.4 is 5.32 Å². The predicted molar refractivity (Wildman–Crippen MR) is 138 cm³/mol. The highest BCUT2D eigenvalue weighted by atomic mass is 35.5. The van der Waals surface area contributed by atoms with Crippen LogP contribution in [0.25, 0.3) is 0 Å². The number of benzene rings is 3. The fourth-order valence-corrected chi connectivity index (χ4v) is 5.37. The molecule has 1 N–H and O–H groups in total. The Bertz CT molecular complexity index is 1220. The molecular formula is C25H25Cl3N2O3S. The average molecular weight is 540 g/mol. The molecule has 0 radical (unpaired) electrons. The highest BCUT2D eigenvalue weighted by molar-refractivity contribution is 7.89. The Morgan fingerprint density at radius 2 is 1.59 bits per heavy atom. The first-order valence-corrected chi connectivity index (χ1v) is 13.3. The summed E-state index contributed by atoms with van der Waals surface area (Å²) in [5, 5.41) is 4.07. The molecule has 3 aromatic rings. The Kier molecular flexibility index (Phi) is 9.39. The van der Waals surface area contributed by atoms with Crippen LogP contribution in [0, 0.1) is 0 Å². The maximum atomic E-state index is 13.4. The second-order valence-electron chi connectivity index (χ2n) is 7.96. The lowest BCUT2D eigenvalue weighted by molar-refractivity contribution is -0.122. The summed E-state index contributed by atoms with van der Waals surface area (Å²) < 4.78 is 27.9. The topological polar surface area (TPSA) is 66.5 Å². The lowest BCUT2D eigenvalue weighted by Gasteiger charge is -2.24. The molecule has 9 heteroatoms. The normalized spacial score (nSPS) is 12.5. The van der Waals surface area contributed by atoms with Crippen LogP contribution in [0.15, 0.2) is 77.7 Å². The van der Waals surface area contributed by atoms with Crippen molar-refractivity contribution in [1.82, 2.24) is 9.62 Å². The van der Waals surface area contributed by atoms with Crippen LogP contribution in [0.4, 0.5) is 0 Å². The second-order valence-corrected chi connectivity index (χ2v) is 11.2. The lowest BCUT2D eigenvalue weighted by atomic mass is 10.1. The number of rotatable bonds is 10. The minimum Gasteiger partial charge on any atom is -0.352 e. The van der Waals surface area contributed by atoms with E-state index in [1.165, 1.54) is 35.9 Å². The van der Waals surface area contributed by atoms with Crippen molar-refractivity contribution >= 4 is 50.7 Å². The van der Waals surface area contributed by atoms with E-state index in [0.29, 0.717) is 20.6 Å². The summed E-state index contributed by atoms with van der Waals surface area (Å²) in [5.41, 5.74) is 1.71. The van der Waals surface area contributed by atoms with E-state index in [4.69, 9.17) is 34.8 Å². The molecule has 0 aliphatic carbocycles. The number of nitrogens with zero attached hydrogens (tertiary/aromatic N) is 1. The van der Waals surface area contributed by atoms with Gasteiger partial charge in [-0.25, -0.2) is 8.42 Å². The van der Waals surface area contributed by atoms with Gasteiger partial charge in [-0.2, -0.15) is 4.31 Å². The van der Waals surface area contributed by atoms with Gasteiger partial charge in [0.2, 0.25) is 15.9 Å². The average Bonchev–Trinajstić information content (AvgIpc) is 2.80. The van der Waals surface area contributed by atoms with Crippen LogP contribution in [-0.2, 0) is 27.8 Å². The Hall–Kier alpha value is -2.09. The van der Waals surface area contributed by atoms with E-state index >= 15 is 0 Å². The Balaban J connectivity index is 1.75. The SMILES string of the molecule is C[C@H](CCc1ccccc1)NC(=O)CN(Cc1ccc(Cl)cc1Cl)S(=O)(=O)c1ccc(Cl)cc1. The minimum absolute atomic E-state index is 0.0342. The number of nitrogens with one attached hydrogen (secondary N) is 1. The van der Waals surface area contributed by atoms with Crippen molar-refractivity contribution in [2.45, 2.75) is 37.2 Å². The third kappa shape index (κ3) is 7.45. The van der Waals surface area contributed by atoms with E-state index in [1.807, 2.05) is 37.3 Å². The Labute approximate surface area is 215 Å². The first-order valence-electron chi connectivity index (χ1n) is 10.7. The lowest BCUT2D eigenvalue weighted by Crippen LogP contribution is -2.43. The van der Waals surface area contributed by atoms with Gasteiger partial charge >= 0.3 is 0 Å². The quantitative estimate of drug-likeness (QED) is 0.345. The van der Waals surface area contributed by atoms with Gasteiger partial charge in [0, 0.05) is 27.7 Å². The highest BCUT2D eigenvalue weighted by Gasteiger charge is 2.28. The standard InChI is InChI=1S/C25H25Cl3N2O3S/c1-18(7-8-19-5-3-2-4-6-19)29-25(31)17-30(16-20-9-10-22(27)15-24(20)28)34(32,33)23-13-11-21(26)12-14-23/h2-6,9-15,18H,7-8,16-17H2,1H3,(H,29,31)/t18-/m1/s1. The van der Waals surface area contributed by atoms with Crippen LogP contribution >= 0.6 is 34.8 Å². The molecule has 0 unspecified atom stereocenters. The van der Waals surface area contributed by atoms with Crippen molar-refractivity contribution in [1.29, 1.82) is 0 Å². The van der Waals surface area contributed by atoms with Crippen LogP contribution in [0.1, 0.15) is 24.5 Å². The third-order valence-electron chi connectivity index (χ3n) is 5.25. The van der Waals surface area contributed by atoms with E-state index in [9.17, 15) is 13.2 Å². The van der Waals surface area contributed by atoms with Gasteiger partial charge in [0.25, 0.3) is 0 Å². The van der Waals surface area contributed by atoms with Gasteiger partial charge in [-0.3, -0.25) is 4.79 Å². The van der Waals surface area contributed by atoms with Crippen molar-refractivity contribution in [2.24, 2.45) is 0 Å². The summed E-state index contributed by atoms with van der Waals surface area (Å²) in [6.45, 7) is 1.45. The maximum Gasteiger partial charge on any atom is 0.243 e. The van der Waals surface area contributed by atoms with Gasteiger partial charge in [0.1, 0.15) is 0 Å². The molecule has 3 aromatic carbocycles. The zero-order chi connectivity index (χ0) is 24.7. The summed E-state index contributed by atoms with van der Waals surface area (Å²) in [6, 6.07) is 20.5. The number of carbonyl (C=O) groups excluding carboxylic acids is 1. The van der Waals surface area contributed by atoms with Crippen molar-refractivity contribution in [3.63, 3.8) is 0 Å². The smallest absolute Gasteiger partial charge is 0.243 e. The minimum atomic E-state index is -4.01. The van der Waals surface area contributed by atoms with E-state index in [1.54, 1.807) is 12.1 Å². The number of carbonyl (C=O) groups is 1. The number of hydrogen-bond donors (Lipinski definition) is 1. The van der Waals surface area contributed by atoms with Gasteiger partial charge in [-0.15, -0.1) is 0 Å². The Morgan fingerprint density at radius 1 is 0.941 bits per heavy atom.